The SMILES string of the molecule is COc1ccc(CN[C@@H]2C[C@@H]3C(=O)NC[C@@H](CCC(=O)N4CCC(O)CC4)N3C2)cc1. The van der Waals surface area contributed by atoms with Gasteiger partial charge < -0.3 is 25.4 Å². The molecule has 8 nitrogen and oxygen atoms in total. The van der Waals surface area contributed by atoms with Crippen molar-refractivity contribution in [2.24, 2.45) is 0 Å². The van der Waals surface area contributed by atoms with Crippen LogP contribution in [0.1, 0.15) is 37.7 Å². The molecule has 3 aliphatic heterocycles. The third-order valence-corrected chi connectivity index (χ3v) is 6.89. The van der Waals surface area contributed by atoms with Crippen LogP contribution in [0.25, 0.3) is 0 Å². The fourth-order valence-electron chi connectivity index (χ4n) is 4.96. The van der Waals surface area contributed by atoms with Gasteiger partial charge in [0.25, 0.3) is 0 Å². The first kappa shape index (κ1) is 22.0. The molecule has 0 saturated carbocycles. The summed E-state index contributed by atoms with van der Waals surface area (Å²) in [5, 5.41) is 16.3. The Hall–Kier alpha value is -2.16. The largest absolute Gasteiger partial charge is 0.497 e. The van der Waals surface area contributed by atoms with Gasteiger partial charge in [-0.3, -0.25) is 14.5 Å². The zero-order chi connectivity index (χ0) is 21.8. The Morgan fingerprint density at radius 3 is 2.71 bits per heavy atom. The van der Waals surface area contributed by atoms with Crippen LogP contribution in [-0.2, 0) is 16.1 Å². The molecule has 170 valence electrons. The lowest BCUT2D eigenvalue weighted by atomic mass is 10.0. The molecule has 3 aliphatic rings. The maximum absolute atomic E-state index is 12.6. The summed E-state index contributed by atoms with van der Waals surface area (Å²) in [4.78, 5) is 29.2. The van der Waals surface area contributed by atoms with E-state index in [4.69, 9.17) is 4.74 Å². The van der Waals surface area contributed by atoms with E-state index in [9.17, 15) is 14.7 Å². The van der Waals surface area contributed by atoms with Gasteiger partial charge in [-0.25, -0.2) is 0 Å². The van der Waals surface area contributed by atoms with Gasteiger partial charge in [0, 0.05) is 51.2 Å². The van der Waals surface area contributed by atoms with E-state index in [1.54, 1.807) is 7.11 Å². The number of ether oxygens (including phenoxy) is 1. The number of benzene rings is 1. The normalized spacial score (nSPS) is 27.1. The van der Waals surface area contributed by atoms with E-state index in [0.717, 1.165) is 31.7 Å². The molecule has 0 radical (unpaired) electrons. The van der Waals surface area contributed by atoms with Gasteiger partial charge in [0.15, 0.2) is 0 Å². The fourth-order valence-corrected chi connectivity index (χ4v) is 4.96. The third-order valence-electron chi connectivity index (χ3n) is 6.89. The Morgan fingerprint density at radius 1 is 1.26 bits per heavy atom. The highest BCUT2D eigenvalue weighted by Gasteiger charge is 2.43. The lowest BCUT2D eigenvalue weighted by Gasteiger charge is -2.37. The summed E-state index contributed by atoms with van der Waals surface area (Å²) in [6.07, 6.45) is 3.09. The van der Waals surface area contributed by atoms with Crippen molar-refractivity contribution >= 4 is 11.8 Å². The third kappa shape index (κ3) is 5.37. The predicted octanol–water partition coefficient (Wildman–Crippen LogP) is 0.490. The van der Waals surface area contributed by atoms with Gasteiger partial charge in [0.2, 0.25) is 11.8 Å². The van der Waals surface area contributed by atoms with Crippen molar-refractivity contribution in [3.05, 3.63) is 29.8 Å². The number of amides is 2. The molecule has 0 spiro atoms. The summed E-state index contributed by atoms with van der Waals surface area (Å²) in [5.74, 6) is 1.10. The zero-order valence-corrected chi connectivity index (χ0v) is 18.3. The van der Waals surface area contributed by atoms with E-state index in [2.05, 4.69) is 27.7 Å². The van der Waals surface area contributed by atoms with E-state index in [1.165, 1.54) is 5.56 Å². The van der Waals surface area contributed by atoms with Gasteiger partial charge in [-0.2, -0.15) is 0 Å². The van der Waals surface area contributed by atoms with E-state index >= 15 is 0 Å². The molecular weight excluding hydrogens is 396 g/mol. The summed E-state index contributed by atoms with van der Waals surface area (Å²) in [5.41, 5.74) is 1.18. The van der Waals surface area contributed by atoms with Crippen LogP contribution in [0.3, 0.4) is 0 Å². The number of carbonyl (C=O) groups excluding carboxylic acids is 2. The van der Waals surface area contributed by atoms with Gasteiger partial charge in [-0.05, 0) is 43.4 Å². The highest BCUT2D eigenvalue weighted by Crippen LogP contribution is 2.26. The molecule has 2 amide bonds. The van der Waals surface area contributed by atoms with E-state index in [-0.39, 0.29) is 36.0 Å². The Morgan fingerprint density at radius 2 is 2.00 bits per heavy atom. The molecule has 8 heteroatoms. The molecule has 3 heterocycles. The van der Waals surface area contributed by atoms with Gasteiger partial charge in [0.05, 0.1) is 19.3 Å². The monoisotopic (exact) mass is 430 g/mol. The quantitative estimate of drug-likeness (QED) is 0.583. The lowest BCUT2D eigenvalue weighted by molar-refractivity contribution is -0.134. The number of nitrogens with one attached hydrogen (secondary N) is 2. The van der Waals surface area contributed by atoms with Crippen molar-refractivity contribution in [3.63, 3.8) is 0 Å². The summed E-state index contributed by atoms with van der Waals surface area (Å²) >= 11 is 0. The van der Waals surface area contributed by atoms with Crippen molar-refractivity contribution in [2.75, 3.05) is 33.3 Å². The minimum absolute atomic E-state index is 0.0985. The van der Waals surface area contributed by atoms with Crippen LogP contribution >= 0.6 is 0 Å². The number of hydrogen-bond acceptors (Lipinski definition) is 6. The number of piperazine rings is 1. The molecule has 0 aromatic heterocycles. The Bertz CT molecular complexity index is 763. The van der Waals surface area contributed by atoms with Gasteiger partial charge in [0.1, 0.15) is 5.75 Å². The van der Waals surface area contributed by atoms with Gasteiger partial charge in [-0.15, -0.1) is 0 Å². The first-order chi connectivity index (χ1) is 15.0. The standard InChI is InChI=1S/C23H34N4O4/c1-31-20-5-2-16(3-6-20)13-24-17-12-21-23(30)25-14-18(27(21)15-17)4-7-22(29)26-10-8-19(28)9-11-26/h2-3,5-6,17-19,21,24,28H,4,7-15H2,1H3,(H,25,30)/t17-,18-,21-/m1/s1. The topological polar surface area (TPSA) is 94.1 Å². The minimum Gasteiger partial charge on any atom is -0.497 e. The number of likely N-dealkylation sites (tertiary alicyclic amines) is 1. The van der Waals surface area contributed by atoms with Crippen molar-refractivity contribution in [1.82, 2.24) is 20.4 Å². The molecule has 1 aromatic rings. The fraction of sp³-hybridized carbons (Fsp3) is 0.652. The average Bonchev–Trinajstić information content (AvgIpc) is 3.23. The van der Waals surface area contributed by atoms with E-state index in [1.807, 2.05) is 17.0 Å². The number of carbonyl (C=O) groups is 2. The second-order valence-electron chi connectivity index (χ2n) is 8.92. The van der Waals surface area contributed by atoms with Crippen LogP contribution in [0.15, 0.2) is 24.3 Å². The molecule has 0 bridgehead atoms. The zero-order valence-electron chi connectivity index (χ0n) is 18.3. The number of aliphatic hydroxyl groups is 1. The minimum atomic E-state index is -0.273. The molecule has 1 aromatic carbocycles. The number of nitrogens with zero attached hydrogens (tertiary/aromatic N) is 2. The molecule has 3 saturated heterocycles. The van der Waals surface area contributed by atoms with Crippen molar-refractivity contribution in [2.45, 2.75) is 62.9 Å². The van der Waals surface area contributed by atoms with Crippen molar-refractivity contribution in [3.8, 4) is 5.75 Å². The van der Waals surface area contributed by atoms with E-state index < -0.39 is 0 Å². The second-order valence-corrected chi connectivity index (χ2v) is 8.92. The molecule has 0 unspecified atom stereocenters. The predicted molar refractivity (Wildman–Crippen MR) is 117 cm³/mol. The smallest absolute Gasteiger partial charge is 0.237 e. The van der Waals surface area contributed by atoms with Crippen LogP contribution in [-0.4, -0.2) is 84.2 Å². The van der Waals surface area contributed by atoms with Crippen LogP contribution in [0.2, 0.25) is 0 Å². The number of fused-ring (bicyclic) bond motifs is 1. The van der Waals surface area contributed by atoms with Crippen LogP contribution < -0.4 is 15.4 Å². The van der Waals surface area contributed by atoms with Gasteiger partial charge >= 0.3 is 0 Å². The lowest BCUT2D eigenvalue weighted by Crippen LogP contribution is -2.58. The number of aliphatic hydroxyl groups excluding tert-OH is 1. The van der Waals surface area contributed by atoms with Crippen LogP contribution in [0.4, 0.5) is 0 Å². The molecule has 4 rings (SSSR count). The molecular formula is C23H34N4O4. The highest BCUT2D eigenvalue weighted by atomic mass is 16.5. The Kier molecular flexibility index (Phi) is 7.09. The number of rotatable bonds is 7. The number of hydrogen-bond donors (Lipinski definition) is 3. The average molecular weight is 431 g/mol. The maximum Gasteiger partial charge on any atom is 0.237 e. The van der Waals surface area contributed by atoms with Crippen LogP contribution in [0.5, 0.6) is 5.75 Å². The van der Waals surface area contributed by atoms with Gasteiger partial charge in [-0.1, -0.05) is 12.1 Å². The molecule has 3 N–H and O–H groups in total. The summed E-state index contributed by atoms with van der Waals surface area (Å²) in [6.45, 7) is 3.46. The Balaban J connectivity index is 1.28. The first-order valence-electron chi connectivity index (χ1n) is 11.4. The Labute approximate surface area is 183 Å². The summed E-state index contributed by atoms with van der Waals surface area (Å²) in [6, 6.07) is 8.33. The number of piperidine rings is 1. The first-order valence-corrected chi connectivity index (χ1v) is 11.4. The second kappa shape index (κ2) is 9.97. The molecule has 3 fully saturated rings. The molecule has 3 atom stereocenters. The van der Waals surface area contributed by atoms with Crippen molar-refractivity contribution < 1.29 is 19.4 Å². The highest BCUT2D eigenvalue weighted by molar-refractivity contribution is 5.83. The maximum atomic E-state index is 12.6. The van der Waals surface area contributed by atoms with Crippen LogP contribution in [0, 0.1) is 0 Å². The number of methoxy groups -OCH3 is 1. The summed E-state index contributed by atoms with van der Waals surface area (Å²) in [7, 11) is 1.66. The van der Waals surface area contributed by atoms with Crippen molar-refractivity contribution in [1.29, 1.82) is 0 Å². The molecule has 31 heavy (non-hydrogen) atoms. The summed E-state index contributed by atoms with van der Waals surface area (Å²) < 4.78 is 5.21. The van der Waals surface area contributed by atoms with E-state index in [0.29, 0.717) is 38.9 Å². The molecule has 0 aliphatic carbocycles.